The van der Waals surface area contributed by atoms with Gasteiger partial charge in [-0.1, -0.05) is 5.21 Å². The summed E-state index contributed by atoms with van der Waals surface area (Å²) in [5.74, 6) is 0.968. The lowest BCUT2D eigenvalue weighted by molar-refractivity contribution is -0.124. The highest BCUT2D eigenvalue weighted by molar-refractivity contribution is 6.13. The third-order valence-corrected chi connectivity index (χ3v) is 8.36. The quantitative estimate of drug-likeness (QED) is 0.287. The van der Waals surface area contributed by atoms with Crippen LogP contribution in [0.4, 0.5) is 16.3 Å². The Morgan fingerprint density at radius 2 is 1.98 bits per heavy atom. The van der Waals surface area contributed by atoms with Gasteiger partial charge in [-0.15, -0.1) is 5.10 Å². The molecular weight excluding hydrogens is 550 g/mol. The van der Waals surface area contributed by atoms with Crippen LogP contribution in [0.2, 0.25) is 0 Å². The van der Waals surface area contributed by atoms with Gasteiger partial charge in [0.25, 0.3) is 0 Å². The molecule has 0 bridgehead atoms. The Labute approximate surface area is 244 Å². The molecule has 8 rings (SSSR count). The van der Waals surface area contributed by atoms with Crippen LogP contribution in [-0.4, -0.2) is 75.7 Å². The predicted molar refractivity (Wildman–Crippen MR) is 153 cm³/mol. The number of urea groups is 1. The van der Waals surface area contributed by atoms with E-state index in [9.17, 15) is 14.4 Å². The molecule has 0 unspecified atom stereocenters. The SMILES string of the molecule is Cc1ccnc([C@H]2C[C@@H]2C(=O)Nc2cc3c(cn2)nnn3Cc2cn3cc(C4CC4)cc(N4CC(=O)N(C)C4=O)c3n2)n1. The number of carbonyl (C=O) groups excluding carboxylic acids is 3. The van der Waals surface area contributed by atoms with Gasteiger partial charge in [0.1, 0.15) is 23.7 Å². The Kier molecular flexibility index (Phi) is 5.55. The Balaban J connectivity index is 1.06. The highest BCUT2D eigenvalue weighted by atomic mass is 16.2. The molecule has 0 radical (unpaired) electrons. The summed E-state index contributed by atoms with van der Waals surface area (Å²) < 4.78 is 3.62. The number of hydrogen-bond donors (Lipinski definition) is 1. The molecule has 5 aromatic rings. The lowest BCUT2D eigenvalue weighted by atomic mass is 10.1. The van der Waals surface area contributed by atoms with E-state index in [0.29, 0.717) is 58.6 Å². The molecule has 1 N–H and O–H groups in total. The fourth-order valence-corrected chi connectivity index (χ4v) is 5.70. The van der Waals surface area contributed by atoms with Crippen LogP contribution in [0.1, 0.15) is 53.9 Å². The Bertz CT molecular complexity index is 1980. The lowest BCUT2D eigenvalue weighted by Gasteiger charge is -2.17. The molecule has 6 heterocycles. The van der Waals surface area contributed by atoms with E-state index in [1.54, 1.807) is 23.1 Å². The Hall–Kier alpha value is -5.27. The summed E-state index contributed by atoms with van der Waals surface area (Å²) in [7, 11) is 1.49. The van der Waals surface area contributed by atoms with E-state index in [2.05, 4.69) is 30.6 Å². The fraction of sp³-hybridized carbons (Fsp3) is 0.345. The number of nitrogens with one attached hydrogen (secondary N) is 1. The van der Waals surface area contributed by atoms with Gasteiger partial charge in [0.2, 0.25) is 11.8 Å². The molecule has 0 spiro atoms. The Morgan fingerprint density at radius 1 is 1.12 bits per heavy atom. The highest BCUT2D eigenvalue weighted by Gasteiger charge is 2.46. The second-order valence-corrected chi connectivity index (χ2v) is 11.5. The largest absolute Gasteiger partial charge is 0.331 e. The number of carbonyl (C=O) groups is 3. The van der Waals surface area contributed by atoms with Crippen LogP contribution in [0.25, 0.3) is 16.7 Å². The van der Waals surface area contributed by atoms with Crippen molar-refractivity contribution < 1.29 is 14.4 Å². The van der Waals surface area contributed by atoms with Crippen molar-refractivity contribution >= 4 is 46.0 Å². The van der Waals surface area contributed by atoms with Crippen LogP contribution in [0.3, 0.4) is 0 Å². The van der Waals surface area contributed by atoms with Gasteiger partial charge in [0, 0.05) is 49.2 Å². The summed E-state index contributed by atoms with van der Waals surface area (Å²) in [6.07, 6.45) is 10.1. The molecule has 3 fully saturated rings. The number of amides is 4. The van der Waals surface area contributed by atoms with Crippen molar-refractivity contribution in [2.75, 3.05) is 23.8 Å². The van der Waals surface area contributed by atoms with Crippen LogP contribution in [-0.2, 0) is 16.1 Å². The van der Waals surface area contributed by atoms with E-state index in [0.717, 1.165) is 29.0 Å². The molecule has 216 valence electrons. The zero-order chi connectivity index (χ0) is 29.4. The maximum Gasteiger partial charge on any atom is 0.331 e. The normalized spacial score (nSPS) is 20.0. The average molecular weight is 578 g/mol. The predicted octanol–water partition coefficient (Wildman–Crippen LogP) is 2.64. The van der Waals surface area contributed by atoms with Gasteiger partial charge in [-0.2, -0.15) is 0 Å². The maximum atomic E-state index is 13.0. The monoisotopic (exact) mass is 577 g/mol. The first-order valence-corrected chi connectivity index (χ1v) is 14.2. The first-order valence-electron chi connectivity index (χ1n) is 14.2. The summed E-state index contributed by atoms with van der Waals surface area (Å²) >= 11 is 0. The van der Waals surface area contributed by atoms with Crippen molar-refractivity contribution in [2.24, 2.45) is 5.92 Å². The van der Waals surface area contributed by atoms with Crippen LogP contribution in [0, 0.1) is 12.8 Å². The summed E-state index contributed by atoms with van der Waals surface area (Å²) in [6.45, 7) is 2.19. The first kappa shape index (κ1) is 25.4. The number of rotatable bonds is 7. The third kappa shape index (κ3) is 4.45. The summed E-state index contributed by atoms with van der Waals surface area (Å²) in [5, 5.41) is 11.5. The van der Waals surface area contributed by atoms with Gasteiger partial charge in [-0.05, 0) is 49.8 Å². The molecule has 14 heteroatoms. The Morgan fingerprint density at radius 3 is 2.74 bits per heavy atom. The fourth-order valence-electron chi connectivity index (χ4n) is 5.70. The second kappa shape index (κ2) is 9.37. The van der Waals surface area contributed by atoms with Crippen LogP contribution in [0.15, 0.2) is 43.0 Å². The van der Waals surface area contributed by atoms with E-state index < -0.39 is 0 Å². The molecule has 1 aliphatic heterocycles. The number of pyridine rings is 2. The van der Waals surface area contributed by atoms with Crippen LogP contribution in [0.5, 0.6) is 0 Å². The van der Waals surface area contributed by atoms with E-state index in [4.69, 9.17) is 4.98 Å². The van der Waals surface area contributed by atoms with Crippen LogP contribution < -0.4 is 10.2 Å². The topological polar surface area (TPSA) is 156 Å². The van der Waals surface area contributed by atoms with Crippen molar-refractivity contribution in [3.63, 3.8) is 0 Å². The van der Waals surface area contributed by atoms with Gasteiger partial charge in [-0.3, -0.25) is 19.4 Å². The number of aromatic nitrogens is 8. The molecule has 3 aliphatic rings. The zero-order valence-corrected chi connectivity index (χ0v) is 23.5. The molecule has 4 amide bonds. The van der Waals surface area contributed by atoms with Gasteiger partial charge in [0.05, 0.1) is 29.6 Å². The summed E-state index contributed by atoms with van der Waals surface area (Å²) in [5.41, 5.74) is 5.18. The standard InChI is InChI=1S/C29H27N11O3/c1-15-5-6-30-26(32-15)19-8-20(19)28(42)34-24-9-22-21(10-31-24)35-36-40(22)13-18-12-38-11-17(16-3-4-16)7-23(27(38)33-18)39-14-25(41)37(2)29(39)43/h5-7,9-12,16,19-20H,3-4,8,13-14H2,1-2H3,(H,31,34,42)/t19-,20-/m0/s1. The maximum absolute atomic E-state index is 13.0. The van der Waals surface area contributed by atoms with Crippen molar-refractivity contribution in [1.29, 1.82) is 0 Å². The zero-order valence-electron chi connectivity index (χ0n) is 23.5. The van der Waals surface area contributed by atoms with Crippen molar-refractivity contribution in [1.82, 2.24) is 44.2 Å². The number of hydrogen-bond acceptors (Lipinski definition) is 9. The lowest BCUT2D eigenvalue weighted by Crippen LogP contribution is -2.30. The van der Waals surface area contributed by atoms with E-state index in [1.807, 2.05) is 35.9 Å². The molecule has 2 saturated carbocycles. The molecule has 14 nitrogen and oxygen atoms in total. The number of fused-ring (bicyclic) bond motifs is 2. The molecule has 2 aliphatic carbocycles. The van der Waals surface area contributed by atoms with Gasteiger partial charge < -0.3 is 9.72 Å². The minimum Gasteiger partial charge on any atom is -0.310 e. The summed E-state index contributed by atoms with van der Waals surface area (Å²) in [6, 6.07) is 5.21. The summed E-state index contributed by atoms with van der Waals surface area (Å²) in [4.78, 5) is 58.7. The second-order valence-electron chi connectivity index (χ2n) is 11.5. The number of imide groups is 1. The molecule has 1 saturated heterocycles. The number of imidazole rings is 1. The molecule has 2 atom stereocenters. The molecule has 5 aromatic heterocycles. The van der Waals surface area contributed by atoms with Gasteiger partial charge in [-0.25, -0.2) is 29.4 Å². The van der Waals surface area contributed by atoms with Crippen molar-refractivity contribution in [3.8, 4) is 0 Å². The molecule has 43 heavy (non-hydrogen) atoms. The van der Waals surface area contributed by atoms with Crippen molar-refractivity contribution in [3.05, 3.63) is 65.8 Å². The first-order chi connectivity index (χ1) is 20.8. The minimum absolute atomic E-state index is 0.00516. The van der Waals surface area contributed by atoms with E-state index >= 15 is 0 Å². The van der Waals surface area contributed by atoms with Gasteiger partial charge >= 0.3 is 6.03 Å². The van der Waals surface area contributed by atoms with Crippen molar-refractivity contribution in [2.45, 2.75) is 44.6 Å². The molecule has 0 aromatic carbocycles. The highest BCUT2D eigenvalue weighted by Crippen LogP contribution is 2.46. The number of likely N-dealkylation sites (N-methyl/N-ethyl adjacent to an activating group) is 1. The minimum atomic E-state index is -0.363. The number of anilines is 2. The molecular formula is C29H27N11O3. The average Bonchev–Trinajstić information content (AvgIpc) is 3.91. The van der Waals surface area contributed by atoms with Crippen LogP contribution >= 0.6 is 0 Å². The third-order valence-electron chi connectivity index (χ3n) is 8.36. The smallest absolute Gasteiger partial charge is 0.310 e. The van der Waals surface area contributed by atoms with E-state index in [-0.39, 0.29) is 36.2 Å². The number of nitrogens with zero attached hydrogens (tertiary/aromatic N) is 10. The van der Waals surface area contributed by atoms with Gasteiger partial charge in [0.15, 0.2) is 5.65 Å². The number of aryl methyl sites for hydroxylation is 1. The van der Waals surface area contributed by atoms with E-state index in [1.165, 1.54) is 11.9 Å².